The van der Waals surface area contributed by atoms with Crippen LogP contribution in [0.5, 0.6) is 11.6 Å². The number of aromatic nitrogens is 3. The summed E-state index contributed by atoms with van der Waals surface area (Å²) in [5.74, 6) is 1.10. The third-order valence-corrected chi connectivity index (χ3v) is 5.25. The molecule has 4 rings (SSSR count). The molecule has 3 aromatic rings. The molecule has 0 saturated carbocycles. The molecule has 2 atom stereocenters. The van der Waals surface area contributed by atoms with Crippen LogP contribution in [0.2, 0.25) is 0 Å². The summed E-state index contributed by atoms with van der Waals surface area (Å²) in [5, 5.41) is 12.2. The molecule has 3 heterocycles. The van der Waals surface area contributed by atoms with Gasteiger partial charge in [0.2, 0.25) is 11.8 Å². The maximum atomic E-state index is 11.6. The first-order chi connectivity index (χ1) is 14.0. The van der Waals surface area contributed by atoms with Crippen LogP contribution in [0.25, 0.3) is 22.3 Å². The summed E-state index contributed by atoms with van der Waals surface area (Å²) in [4.78, 5) is 20.7. The number of hydrogen-bond donors (Lipinski definition) is 1. The molecular formula is C21H21N5O3. The standard InChI is InChI=1S/C21H21N5O3/c1-12(15-7-19(27)23-10-15)29-21-20-17(24-11-26(20)2)8-16(25-21)13-4-5-18(28-3)14(6-13)9-22/h4-6,8,11-12,15H,7,10H2,1-3H3,(H,23,27)/t12-,15-/m1/s1. The highest BCUT2D eigenvalue weighted by atomic mass is 16.5. The first kappa shape index (κ1) is 18.7. The summed E-state index contributed by atoms with van der Waals surface area (Å²) in [6.45, 7) is 2.54. The van der Waals surface area contributed by atoms with Crippen molar-refractivity contribution in [3.05, 3.63) is 36.2 Å². The molecule has 1 aliphatic rings. The van der Waals surface area contributed by atoms with Crippen molar-refractivity contribution in [1.82, 2.24) is 19.9 Å². The highest BCUT2D eigenvalue weighted by Gasteiger charge is 2.29. The van der Waals surface area contributed by atoms with Crippen molar-refractivity contribution in [2.75, 3.05) is 13.7 Å². The number of nitrogens with one attached hydrogen (secondary N) is 1. The van der Waals surface area contributed by atoms with Crippen LogP contribution < -0.4 is 14.8 Å². The van der Waals surface area contributed by atoms with Crippen molar-refractivity contribution in [2.45, 2.75) is 19.4 Å². The number of benzene rings is 1. The van der Waals surface area contributed by atoms with Gasteiger partial charge >= 0.3 is 0 Å². The van der Waals surface area contributed by atoms with E-state index in [1.165, 1.54) is 7.11 Å². The summed E-state index contributed by atoms with van der Waals surface area (Å²) in [5.41, 5.74) is 3.38. The van der Waals surface area contributed by atoms with Crippen molar-refractivity contribution >= 4 is 16.9 Å². The monoisotopic (exact) mass is 391 g/mol. The first-order valence-corrected chi connectivity index (χ1v) is 9.34. The number of amides is 1. The van der Waals surface area contributed by atoms with E-state index in [0.29, 0.717) is 35.9 Å². The molecule has 1 N–H and O–H groups in total. The number of carbonyl (C=O) groups excluding carboxylic acids is 1. The maximum absolute atomic E-state index is 11.6. The molecular weight excluding hydrogens is 370 g/mol. The van der Waals surface area contributed by atoms with E-state index < -0.39 is 0 Å². The first-order valence-electron chi connectivity index (χ1n) is 9.34. The van der Waals surface area contributed by atoms with Gasteiger partial charge < -0.3 is 19.4 Å². The van der Waals surface area contributed by atoms with Crippen molar-refractivity contribution in [1.29, 1.82) is 5.26 Å². The van der Waals surface area contributed by atoms with Crippen LogP contribution in [0.15, 0.2) is 30.6 Å². The predicted molar refractivity (Wildman–Crippen MR) is 106 cm³/mol. The van der Waals surface area contributed by atoms with Crippen LogP contribution in [0.3, 0.4) is 0 Å². The maximum Gasteiger partial charge on any atom is 0.241 e. The second-order valence-corrected chi connectivity index (χ2v) is 7.15. The van der Waals surface area contributed by atoms with E-state index in [2.05, 4.69) is 16.4 Å². The Morgan fingerprint density at radius 3 is 2.90 bits per heavy atom. The number of hydrogen-bond acceptors (Lipinski definition) is 6. The van der Waals surface area contributed by atoms with Gasteiger partial charge in [0.1, 0.15) is 23.4 Å². The Balaban J connectivity index is 1.75. The topological polar surface area (TPSA) is 102 Å². The van der Waals surface area contributed by atoms with Crippen molar-refractivity contribution < 1.29 is 14.3 Å². The third-order valence-electron chi connectivity index (χ3n) is 5.25. The molecule has 1 aliphatic heterocycles. The van der Waals surface area contributed by atoms with Gasteiger partial charge in [-0.2, -0.15) is 5.26 Å². The molecule has 0 spiro atoms. The van der Waals surface area contributed by atoms with Gasteiger partial charge in [-0.15, -0.1) is 0 Å². The second kappa shape index (κ2) is 7.43. The molecule has 2 aromatic heterocycles. The number of nitriles is 1. The fourth-order valence-electron chi connectivity index (χ4n) is 3.55. The molecule has 0 radical (unpaired) electrons. The van der Waals surface area contributed by atoms with Crippen LogP contribution in [0, 0.1) is 17.2 Å². The summed E-state index contributed by atoms with van der Waals surface area (Å²) in [6, 6.07) is 9.35. The summed E-state index contributed by atoms with van der Waals surface area (Å²) < 4.78 is 13.3. The molecule has 148 valence electrons. The van der Waals surface area contributed by atoms with Crippen LogP contribution in [-0.2, 0) is 11.8 Å². The van der Waals surface area contributed by atoms with Crippen LogP contribution >= 0.6 is 0 Å². The molecule has 0 aliphatic carbocycles. The van der Waals surface area contributed by atoms with Gasteiger partial charge in [-0.3, -0.25) is 4.79 Å². The number of imidazole rings is 1. The fourth-order valence-corrected chi connectivity index (χ4v) is 3.55. The molecule has 1 aromatic carbocycles. The van der Waals surface area contributed by atoms with Crippen LogP contribution in [0.4, 0.5) is 0 Å². The quantitative estimate of drug-likeness (QED) is 0.717. The van der Waals surface area contributed by atoms with E-state index in [-0.39, 0.29) is 17.9 Å². The third kappa shape index (κ3) is 3.47. The van der Waals surface area contributed by atoms with E-state index >= 15 is 0 Å². The number of methoxy groups -OCH3 is 1. The van der Waals surface area contributed by atoms with Gasteiger partial charge in [0, 0.05) is 31.5 Å². The number of carbonyl (C=O) groups is 1. The van der Waals surface area contributed by atoms with Crippen molar-refractivity contribution in [3.8, 4) is 29.0 Å². The van der Waals surface area contributed by atoms with E-state index in [1.807, 2.05) is 30.7 Å². The van der Waals surface area contributed by atoms with Gasteiger partial charge in [-0.25, -0.2) is 9.97 Å². The average molecular weight is 391 g/mol. The minimum atomic E-state index is -0.194. The molecule has 1 saturated heterocycles. The number of ether oxygens (including phenoxy) is 2. The Bertz CT molecular complexity index is 1130. The SMILES string of the molecule is COc1ccc(-c2cc3ncn(C)c3c(O[C@H](C)[C@H]3CNC(=O)C3)n2)cc1C#N. The Morgan fingerprint density at radius 2 is 2.21 bits per heavy atom. The van der Waals surface area contributed by atoms with E-state index in [1.54, 1.807) is 18.5 Å². The number of fused-ring (bicyclic) bond motifs is 1. The Labute approximate surface area is 168 Å². The number of rotatable bonds is 5. The van der Waals surface area contributed by atoms with Crippen molar-refractivity contribution in [3.63, 3.8) is 0 Å². The van der Waals surface area contributed by atoms with E-state index in [4.69, 9.17) is 14.5 Å². The number of pyridine rings is 1. The molecule has 8 nitrogen and oxygen atoms in total. The molecule has 8 heteroatoms. The number of aryl methyl sites for hydroxylation is 1. The minimum Gasteiger partial charge on any atom is -0.495 e. The summed E-state index contributed by atoms with van der Waals surface area (Å²) in [6.07, 6.45) is 1.96. The molecule has 0 unspecified atom stereocenters. The fraction of sp³-hybridized carbons (Fsp3) is 0.333. The summed E-state index contributed by atoms with van der Waals surface area (Å²) >= 11 is 0. The average Bonchev–Trinajstić information content (AvgIpc) is 3.33. The lowest BCUT2D eigenvalue weighted by Gasteiger charge is -2.20. The molecule has 1 amide bonds. The Morgan fingerprint density at radius 1 is 1.38 bits per heavy atom. The lowest BCUT2D eigenvalue weighted by Crippen LogP contribution is -2.26. The van der Waals surface area contributed by atoms with E-state index in [9.17, 15) is 10.1 Å². The second-order valence-electron chi connectivity index (χ2n) is 7.15. The van der Waals surface area contributed by atoms with Gasteiger partial charge in [-0.05, 0) is 31.2 Å². The number of nitrogens with zero attached hydrogens (tertiary/aromatic N) is 4. The van der Waals surface area contributed by atoms with Crippen LogP contribution in [-0.4, -0.2) is 40.2 Å². The lowest BCUT2D eigenvalue weighted by molar-refractivity contribution is -0.119. The van der Waals surface area contributed by atoms with E-state index in [0.717, 1.165) is 16.6 Å². The zero-order chi connectivity index (χ0) is 20.5. The Kier molecular flexibility index (Phi) is 4.80. The van der Waals surface area contributed by atoms with Gasteiger partial charge in [0.25, 0.3) is 0 Å². The zero-order valence-corrected chi connectivity index (χ0v) is 16.5. The molecule has 0 bridgehead atoms. The highest BCUT2D eigenvalue weighted by Crippen LogP contribution is 2.32. The molecule has 29 heavy (non-hydrogen) atoms. The molecule has 1 fully saturated rings. The van der Waals surface area contributed by atoms with Gasteiger partial charge in [0.05, 0.1) is 30.2 Å². The Hall–Kier alpha value is -3.60. The van der Waals surface area contributed by atoms with Crippen LogP contribution in [0.1, 0.15) is 18.9 Å². The van der Waals surface area contributed by atoms with Crippen molar-refractivity contribution in [2.24, 2.45) is 13.0 Å². The normalized spacial score (nSPS) is 17.0. The van der Waals surface area contributed by atoms with Gasteiger partial charge in [-0.1, -0.05) is 0 Å². The minimum absolute atomic E-state index is 0.0418. The largest absolute Gasteiger partial charge is 0.495 e. The predicted octanol–water partition coefficient (Wildman–Crippen LogP) is 2.42. The zero-order valence-electron chi connectivity index (χ0n) is 16.5. The highest BCUT2D eigenvalue weighted by molar-refractivity contribution is 5.85. The lowest BCUT2D eigenvalue weighted by atomic mass is 10.0. The van der Waals surface area contributed by atoms with Gasteiger partial charge in [0.15, 0.2) is 0 Å². The summed E-state index contributed by atoms with van der Waals surface area (Å²) in [7, 11) is 3.42. The smallest absolute Gasteiger partial charge is 0.241 e.